The van der Waals surface area contributed by atoms with Gasteiger partial charge >= 0.3 is 0 Å². The molecule has 1 atom stereocenters. The number of fused-ring (bicyclic) bond motifs is 1. The van der Waals surface area contributed by atoms with Crippen molar-refractivity contribution in [1.29, 1.82) is 0 Å². The molecule has 2 heterocycles. The van der Waals surface area contributed by atoms with Crippen molar-refractivity contribution < 1.29 is 0 Å². The zero-order valence-electron chi connectivity index (χ0n) is 10.7. The van der Waals surface area contributed by atoms with Crippen LogP contribution in [0.15, 0.2) is 6.20 Å². The van der Waals surface area contributed by atoms with Crippen LogP contribution >= 0.6 is 0 Å². The average molecular weight is 222 g/mol. The molecule has 0 bridgehead atoms. The Morgan fingerprint density at radius 2 is 2.38 bits per heavy atom. The molecule has 1 aliphatic heterocycles. The minimum atomic E-state index is 0.381. The van der Waals surface area contributed by atoms with Crippen molar-refractivity contribution in [1.82, 2.24) is 19.8 Å². The summed E-state index contributed by atoms with van der Waals surface area (Å²) in [5, 5.41) is 3.43. The maximum absolute atomic E-state index is 4.52. The van der Waals surface area contributed by atoms with E-state index in [1.807, 2.05) is 6.20 Å². The van der Waals surface area contributed by atoms with Gasteiger partial charge in [0.2, 0.25) is 0 Å². The molecule has 1 aromatic rings. The fraction of sp³-hybridized carbons (Fsp3) is 0.750. The molecule has 1 aromatic heterocycles. The van der Waals surface area contributed by atoms with E-state index in [2.05, 4.69) is 47.6 Å². The molecule has 1 aliphatic rings. The summed E-state index contributed by atoms with van der Waals surface area (Å²) < 4.78 is 2.36. The number of hydrogen-bond donors (Lipinski definition) is 1. The summed E-state index contributed by atoms with van der Waals surface area (Å²) in [6, 6.07) is 0.956. The van der Waals surface area contributed by atoms with Crippen LogP contribution in [0.5, 0.6) is 0 Å². The second-order valence-electron chi connectivity index (χ2n) is 4.94. The van der Waals surface area contributed by atoms with Crippen molar-refractivity contribution in [3.8, 4) is 0 Å². The molecule has 0 radical (unpaired) electrons. The van der Waals surface area contributed by atoms with E-state index in [0.29, 0.717) is 12.1 Å². The average Bonchev–Trinajstić information content (AvgIpc) is 2.63. The highest BCUT2D eigenvalue weighted by molar-refractivity contribution is 5.10. The van der Waals surface area contributed by atoms with Gasteiger partial charge in [0.1, 0.15) is 5.82 Å². The third kappa shape index (κ3) is 2.13. The molecule has 0 spiro atoms. The molecule has 0 fully saturated rings. The molecule has 0 saturated carbocycles. The molecular formula is C12H22N4. The molecule has 0 aliphatic carbocycles. The van der Waals surface area contributed by atoms with E-state index in [-0.39, 0.29) is 0 Å². The minimum Gasteiger partial charge on any atom is -0.328 e. The monoisotopic (exact) mass is 222 g/mol. The number of rotatable bonds is 3. The molecule has 2 rings (SSSR count). The quantitative estimate of drug-likeness (QED) is 0.839. The summed E-state index contributed by atoms with van der Waals surface area (Å²) in [5.74, 6) is 1.18. The molecule has 16 heavy (non-hydrogen) atoms. The van der Waals surface area contributed by atoms with Crippen molar-refractivity contribution >= 4 is 0 Å². The second kappa shape index (κ2) is 4.55. The van der Waals surface area contributed by atoms with Crippen LogP contribution in [0.1, 0.15) is 38.3 Å². The molecule has 0 aromatic carbocycles. The van der Waals surface area contributed by atoms with Crippen LogP contribution in [-0.4, -0.2) is 34.1 Å². The molecule has 1 unspecified atom stereocenters. The van der Waals surface area contributed by atoms with Gasteiger partial charge in [0.05, 0.1) is 11.7 Å². The topological polar surface area (TPSA) is 33.1 Å². The van der Waals surface area contributed by atoms with Crippen molar-refractivity contribution in [2.75, 3.05) is 13.6 Å². The van der Waals surface area contributed by atoms with Crippen LogP contribution in [0.3, 0.4) is 0 Å². The molecule has 1 N–H and O–H groups in total. The Labute approximate surface area is 97.7 Å². The minimum absolute atomic E-state index is 0.381. The van der Waals surface area contributed by atoms with Gasteiger partial charge in [0.25, 0.3) is 0 Å². The highest BCUT2D eigenvalue weighted by Gasteiger charge is 2.20. The van der Waals surface area contributed by atoms with Crippen molar-refractivity contribution in [2.45, 2.75) is 45.9 Å². The largest absolute Gasteiger partial charge is 0.328 e. The Kier molecular flexibility index (Phi) is 3.30. The fourth-order valence-corrected chi connectivity index (χ4v) is 2.08. The van der Waals surface area contributed by atoms with Crippen molar-refractivity contribution in [3.05, 3.63) is 17.7 Å². The van der Waals surface area contributed by atoms with Gasteiger partial charge < -0.3 is 9.88 Å². The lowest BCUT2D eigenvalue weighted by atomic mass is 10.2. The van der Waals surface area contributed by atoms with Gasteiger partial charge in [-0.2, -0.15) is 0 Å². The molecule has 90 valence electrons. The Balaban J connectivity index is 2.17. The lowest BCUT2D eigenvalue weighted by Gasteiger charge is -2.26. The number of nitrogens with one attached hydrogen (secondary N) is 1. The summed E-state index contributed by atoms with van der Waals surface area (Å²) in [6.07, 6.45) is 2.03. The predicted octanol–water partition coefficient (Wildman–Crippen LogP) is 1.39. The Morgan fingerprint density at radius 1 is 1.62 bits per heavy atom. The number of imidazole rings is 1. The SMILES string of the molecule is CC1NCCn2c(CN(C)C(C)C)cnc21. The first-order valence-electron chi connectivity index (χ1n) is 6.07. The smallest absolute Gasteiger partial charge is 0.125 e. The van der Waals surface area contributed by atoms with E-state index in [0.717, 1.165) is 19.6 Å². The van der Waals surface area contributed by atoms with Gasteiger partial charge in [-0.25, -0.2) is 4.98 Å². The van der Waals surface area contributed by atoms with Crippen LogP contribution in [0.2, 0.25) is 0 Å². The van der Waals surface area contributed by atoms with Gasteiger partial charge in [0.15, 0.2) is 0 Å². The van der Waals surface area contributed by atoms with Crippen molar-refractivity contribution in [2.24, 2.45) is 0 Å². The highest BCUT2D eigenvalue weighted by atomic mass is 15.2. The van der Waals surface area contributed by atoms with Crippen LogP contribution in [0, 0.1) is 0 Å². The van der Waals surface area contributed by atoms with Crippen LogP contribution < -0.4 is 5.32 Å². The van der Waals surface area contributed by atoms with Gasteiger partial charge in [-0.15, -0.1) is 0 Å². The molecule has 0 amide bonds. The maximum atomic E-state index is 4.52. The van der Waals surface area contributed by atoms with Gasteiger partial charge in [0, 0.05) is 31.9 Å². The van der Waals surface area contributed by atoms with Crippen LogP contribution in [-0.2, 0) is 13.1 Å². The molecule has 4 nitrogen and oxygen atoms in total. The van der Waals surface area contributed by atoms with Gasteiger partial charge in [-0.05, 0) is 27.8 Å². The fourth-order valence-electron chi connectivity index (χ4n) is 2.08. The summed E-state index contributed by atoms with van der Waals surface area (Å²) in [4.78, 5) is 6.87. The van der Waals surface area contributed by atoms with Crippen molar-refractivity contribution in [3.63, 3.8) is 0 Å². The normalized spacial score (nSPS) is 20.5. The van der Waals surface area contributed by atoms with E-state index < -0.39 is 0 Å². The summed E-state index contributed by atoms with van der Waals surface area (Å²) in [5.41, 5.74) is 1.33. The zero-order valence-corrected chi connectivity index (χ0v) is 10.7. The molecular weight excluding hydrogens is 200 g/mol. The highest BCUT2D eigenvalue weighted by Crippen LogP contribution is 2.18. The predicted molar refractivity (Wildman–Crippen MR) is 65.2 cm³/mol. The number of hydrogen-bond acceptors (Lipinski definition) is 3. The van der Waals surface area contributed by atoms with E-state index in [1.54, 1.807) is 0 Å². The van der Waals surface area contributed by atoms with Gasteiger partial charge in [-0.3, -0.25) is 4.90 Å². The van der Waals surface area contributed by atoms with E-state index in [1.165, 1.54) is 11.5 Å². The molecule has 4 heteroatoms. The van der Waals surface area contributed by atoms with E-state index in [4.69, 9.17) is 0 Å². The first-order valence-corrected chi connectivity index (χ1v) is 6.07. The number of nitrogens with zero attached hydrogens (tertiary/aromatic N) is 3. The zero-order chi connectivity index (χ0) is 11.7. The maximum Gasteiger partial charge on any atom is 0.125 e. The Morgan fingerprint density at radius 3 is 3.06 bits per heavy atom. The van der Waals surface area contributed by atoms with Crippen LogP contribution in [0.4, 0.5) is 0 Å². The summed E-state index contributed by atoms with van der Waals surface area (Å²) in [6.45, 7) is 9.69. The van der Waals surface area contributed by atoms with Crippen LogP contribution in [0.25, 0.3) is 0 Å². The first kappa shape index (κ1) is 11.6. The lowest BCUT2D eigenvalue weighted by Crippen LogP contribution is -2.34. The van der Waals surface area contributed by atoms with Gasteiger partial charge in [-0.1, -0.05) is 0 Å². The molecule has 0 saturated heterocycles. The standard InChI is InChI=1S/C12H22N4/c1-9(2)15(4)8-11-7-14-12-10(3)13-5-6-16(11)12/h7,9-10,13H,5-6,8H2,1-4H3. The third-order valence-electron chi connectivity index (χ3n) is 3.44. The summed E-state index contributed by atoms with van der Waals surface area (Å²) >= 11 is 0. The lowest BCUT2D eigenvalue weighted by molar-refractivity contribution is 0.256. The second-order valence-corrected chi connectivity index (χ2v) is 4.94. The first-order chi connectivity index (χ1) is 7.59. The third-order valence-corrected chi connectivity index (χ3v) is 3.44. The van der Waals surface area contributed by atoms with E-state index >= 15 is 0 Å². The van der Waals surface area contributed by atoms with E-state index in [9.17, 15) is 0 Å². The summed E-state index contributed by atoms with van der Waals surface area (Å²) in [7, 11) is 2.16. The number of aromatic nitrogens is 2. The Bertz CT molecular complexity index is 356. The Hall–Kier alpha value is -0.870.